The van der Waals surface area contributed by atoms with Crippen LogP contribution < -0.4 is 0 Å². The van der Waals surface area contributed by atoms with Crippen LogP contribution in [0.3, 0.4) is 0 Å². The summed E-state index contributed by atoms with van der Waals surface area (Å²) >= 11 is 1.92. The van der Waals surface area contributed by atoms with Crippen molar-refractivity contribution >= 4 is 11.8 Å². The molecule has 0 fully saturated rings. The average molecular weight is 321 g/mol. The number of nitrogens with zero attached hydrogens (tertiary/aromatic N) is 1. The maximum atomic E-state index is 2.46. The van der Waals surface area contributed by atoms with Crippen LogP contribution in [0.2, 0.25) is 0 Å². The number of hydrogen-bond donors (Lipinski definition) is 0. The summed E-state index contributed by atoms with van der Waals surface area (Å²) in [4.78, 5) is 3.84. The van der Waals surface area contributed by atoms with E-state index in [1.165, 1.54) is 21.7 Å². The molecule has 2 aromatic rings. The minimum atomic E-state index is 0.429. The standard InChI is InChI=1S/C21H23NS/c1-17-13-21(23-16-20-11-7-4-8-12-20)14-18(2)22(17)15-19-9-5-3-6-10-19/h3-14,17H,15-16H2,1-2H3. The van der Waals surface area contributed by atoms with Crippen LogP contribution in [0.25, 0.3) is 0 Å². The molecule has 0 spiro atoms. The first-order valence-electron chi connectivity index (χ1n) is 8.10. The molecule has 1 unspecified atom stereocenters. The van der Waals surface area contributed by atoms with Crippen LogP contribution in [0.15, 0.2) is 83.4 Å². The zero-order valence-electron chi connectivity index (χ0n) is 13.8. The van der Waals surface area contributed by atoms with E-state index in [0.717, 1.165) is 12.3 Å². The third kappa shape index (κ3) is 4.29. The molecule has 1 atom stereocenters. The van der Waals surface area contributed by atoms with Gasteiger partial charge in [-0.25, -0.2) is 0 Å². The largest absolute Gasteiger partial charge is 0.364 e. The first-order valence-corrected chi connectivity index (χ1v) is 9.08. The number of hydrogen-bond acceptors (Lipinski definition) is 2. The molecule has 0 N–H and O–H groups in total. The Morgan fingerprint density at radius 3 is 2.13 bits per heavy atom. The molecule has 0 aliphatic carbocycles. The summed E-state index contributed by atoms with van der Waals surface area (Å²) in [5, 5.41) is 0. The van der Waals surface area contributed by atoms with Crippen molar-refractivity contribution in [1.82, 2.24) is 4.90 Å². The fraction of sp³-hybridized carbons (Fsp3) is 0.238. The van der Waals surface area contributed by atoms with E-state index >= 15 is 0 Å². The highest BCUT2D eigenvalue weighted by Crippen LogP contribution is 2.30. The molecule has 118 valence electrons. The fourth-order valence-corrected chi connectivity index (χ4v) is 3.94. The Morgan fingerprint density at radius 2 is 1.52 bits per heavy atom. The molecule has 0 bridgehead atoms. The summed E-state index contributed by atoms with van der Waals surface area (Å²) in [6, 6.07) is 21.8. The van der Waals surface area contributed by atoms with Crippen LogP contribution in [-0.4, -0.2) is 10.9 Å². The van der Waals surface area contributed by atoms with Crippen molar-refractivity contribution in [1.29, 1.82) is 0 Å². The number of thioether (sulfide) groups is 1. The Labute approximate surface area is 143 Å². The van der Waals surface area contributed by atoms with Crippen molar-refractivity contribution in [2.45, 2.75) is 32.2 Å². The van der Waals surface area contributed by atoms with Gasteiger partial charge in [-0.05, 0) is 37.1 Å². The Kier molecular flexibility index (Phi) is 5.24. The zero-order valence-corrected chi connectivity index (χ0v) is 14.6. The zero-order chi connectivity index (χ0) is 16.1. The molecule has 1 nitrogen and oxygen atoms in total. The number of allylic oxidation sites excluding steroid dienone is 2. The highest BCUT2D eigenvalue weighted by atomic mass is 32.2. The van der Waals surface area contributed by atoms with Gasteiger partial charge in [0.15, 0.2) is 0 Å². The lowest BCUT2D eigenvalue weighted by molar-refractivity contribution is 0.295. The monoisotopic (exact) mass is 321 g/mol. The molecular weight excluding hydrogens is 298 g/mol. The molecule has 23 heavy (non-hydrogen) atoms. The van der Waals surface area contributed by atoms with Gasteiger partial charge < -0.3 is 4.90 Å². The van der Waals surface area contributed by atoms with Crippen molar-refractivity contribution in [3.05, 3.63) is 94.5 Å². The Morgan fingerprint density at radius 1 is 0.913 bits per heavy atom. The van der Waals surface area contributed by atoms with E-state index in [-0.39, 0.29) is 0 Å². The molecule has 2 heteroatoms. The van der Waals surface area contributed by atoms with Crippen molar-refractivity contribution in [3.8, 4) is 0 Å². The lowest BCUT2D eigenvalue weighted by atomic mass is 10.1. The molecule has 0 saturated carbocycles. The molecule has 1 heterocycles. The lowest BCUT2D eigenvalue weighted by Crippen LogP contribution is -2.31. The lowest BCUT2D eigenvalue weighted by Gasteiger charge is -2.34. The van der Waals surface area contributed by atoms with Gasteiger partial charge in [-0.3, -0.25) is 0 Å². The Balaban J connectivity index is 1.64. The average Bonchev–Trinajstić information content (AvgIpc) is 2.58. The molecule has 0 aromatic heterocycles. The van der Waals surface area contributed by atoms with Gasteiger partial charge in [-0.15, -0.1) is 11.8 Å². The third-order valence-corrected chi connectivity index (χ3v) is 5.21. The fourth-order valence-electron chi connectivity index (χ4n) is 2.87. The Hall–Kier alpha value is -1.93. The molecule has 1 aliphatic heterocycles. The molecule has 0 radical (unpaired) electrons. The van der Waals surface area contributed by atoms with Gasteiger partial charge in [0, 0.05) is 28.9 Å². The van der Waals surface area contributed by atoms with E-state index < -0.39 is 0 Å². The number of rotatable bonds is 5. The smallest absolute Gasteiger partial charge is 0.0459 e. The normalized spacial score (nSPS) is 17.7. The minimum absolute atomic E-state index is 0.429. The summed E-state index contributed by atoms with van der Waals surface area (Å²) in [5.41, 5.74) is 4.09. The molecular formula is C21H23NS. The molecule has 1 aliphatic rings. The van der Waals surface area contributed by atoms with E-state index in [9.17, 15) is 0 Å². The molecule has 3 rings (SSSR count). The first kappa shape index (κ1) is 15.9. The van der Waals surface area contributed by atoms with Crippen LogP contribution >= 0.6 is 11.8 Å². The van der Waals surface area contributed by atoms with Crippen molar-refractivity contribution in [2.24, 2.45) is 0 Å². The van der Waals surface area contributed by atoms with Crippen molar-refractivity contribution in [3.63, 3.8) is 0 Å². The SMILES string of the molecule is CC1=CC(SCc2ccccc2)=CC(C)N1Cc1ccccc1. The van der Waals surface area contributed by atoms with E-state index in [1.54, 1.807) is 0 Å². The second-order valence-corrected chi connectivity index (χ2v) is 7.03. The second kappa shape index (κ2) is 7.56. The molecule has 0 amide bonds. The third-order valence-electron chi connectivity index (χ3n) is 4.15. The van der Waals surface area contributed by atoms with Crippen LogP contribution in [0.4, 0.5) is 0 Å². The minimum Gasteiger partial charge on any atom is -0.364 e. The van der Waals surface area contributed by atoms with Gasteiger partial charge in [0.25, 0.3) is 0 Å². The van der Waals surface area contributed by atoms with Crippen LogP contribution in [0.5, 0.6) is 0 Å². The maximum absolute atomic E-state index is 2.46. The predicted molar refractivity (Wildman–Crippen MR) is 101 cm³/mol. The summed E-state index contributed by atoms with van der Waals surface area (Å²) in [6.07, 6.45) is 4.69. The second-order valence-electron chi connectivity index (χ2n) is 5.98. The van der Waals surface area contributed by atoms with Gasteiger partial charge in [0.1, 0.15) is 0 Å². The van der Waals surface area contributed by atoms with Gasteiger partial charge >= 0.3 is 0 Å². The quantitative estimate of drug-likeness (QED) is 0.704. The summed E-state index contributed by atoms with van der Waals surface area (Å²) < 4.78 is 0. The van der Waals surface area contributed by atoms with Crippen molar-refractivity contribution in [2.75, 3.05) is 0 Å². The summed E-state index contributed by atoms with van der Waals surface area (Å²) in [7, 11) is 0. The van der Waals surface area contributed by atoms with Crippen LogP contribution in [-0.2, 0) is 12.3 Å². The molecule has 0 saturated heterocycles. The number of benzene rings is 2. The van der Waals surface area contributed by atoms with Gasteiger partial charge in [0.05, 0.1) is 0 Å². The first-order chi connectivity index (χ1) is 11.2. The van der Waals surface area contributed by atoms with E-state index in [4.69, 9.17) is 0 Å². The van der Waals surface area contributed by atoms with E-state index in [2.05, 4.69) is 91.6 Å². The highest BCUT2D eigenvalue weighted by Gasteiger charge is 2.18. The van der Waals surface area contributed by atoms with Gasteiger partial charge in [0.2, 0.25) is 0 Å². The molecule has 2 aromatic carbocycles. The van der Waals surface area contributed by atoms with Crippen LogP contribution in [0, 0.1) is 0 Å². The van der Waals surface area contributed by atoms with Crippen LogP contribution in [0.1, 0.15) is 25.0 Å². The summed E-state index contributed by atoms with van der Waals surface area (Å²) in [6.45, 7) is 5.47. The van der Waals surface area contributed by atoms with E-state index in [1.807, 2.05) is 11.8 Å². The van der Waals surface area contributed by atoms with Crippen molar-refractivity contribution < 1.29 is 0 Å². The maximum Gasteiger partial charge on any atom is 0.0459 e. The highest BCUT2D eigenvalue weighted by molar-refractivity contribution is 8.02. The predicted octanol–water partition coefficient (Wildman–Crippen LogP) is 5.61. The summed E-state index contributed by atoms with van der Waals surface area (Å²) in [5.74, 6) is 1.03. The van der Waals surface area contributed by atoms with Gasteiger partial charge in [-0.1, -0.05) is 60.7 Å². The topological polar surface area (TPSA) is 3.24 Å². The Bertz CT molecular complexity index is 688. The van der Waals surface area contributed by atoms with Gasteiger partial charge in [-0.2, -0.15) is 0 Å². The van der Waals surface area contributed by atoms with E-state index in [0.29, 0.717) is 6.04 Å².